The van der Waals surface area contributed by atoms with Gasteiger partial charge in [0.25, 0.3) is 0 Å². The molecule has 0 amide bonds. The van der Waals surface area contributed by atoms with Crippen LogP contribution in [0.15, 0.2) is 47.6 Å². The molecule has 0 spiro atoms. The SMILES string of the molecule is CN=C(NCc1ccc(Oc2cccc(OC)c2)nc1)NCC(C)(C)OC. The highest BCUT2D eigenvalue weighted by Crippen LogP contribution is 2.23. The van der Waals surface area contributed by atoms with Gasteiger partial charge >= 0.3 is 0 Å². The van der Waals surface area contributed by atoms with Crippen molar-refractivity contribution in [3.8, 4) is 17.4 Å². The lowest BCUT2D eigenvalue weighted by Gasteiger charge is -2.24. The predicted molar refractivity (Wildman–Crippen MR) is 107 cm³/mol. The fraction of sp³-hybridized carbons (Fsp3) is 0.400. The van der Waals surface area contributed by atoms with Gasteiger partial charge in [-0.05, 0) is 31.5 Å². The van der Waals surface area contributed by atoms with Gasteiger partial charge in [-0.15, -0.1) is 0 Å². The second kappa shape index (κ2) is 9.78. The average molecular weight is 372 g/mol. The molecule has 27 heavy (non-hydrogen) atoms. The molecule has 2 rings (SSSR count). The molecule has 1 aromatic carbocycles. The Bertz CT molecular complexity index is 745. The first kappa shape index (κ1) is 20.5. The van der Waals surface area contributed by atoms with Gasteiger partial charge in [0.15, 0.2) is 5.96 Å². The molecule has 0 aliphatic heterocycles. The van der Waals surface area contributed by atoms with E-state index < -0.39 is 0 Å². The van der Waals surface area contributed by atoms with Crippen molar-refractivity contribution in [1.82, 2.24) is 15.6 Å². The van der Waals surface area contributed by atoms with E-state index in [9.17, 15) is 0 Å². The molecule has 7 heteroatoms. The van der Waals surface area contributed by atoms with Crippen LogP contribution in [0.4, 0.5) is 0 Å². The summed E-state index contributed by atoms with van der Waals surface area (Å²) in [4.78, 5) is 8.56. The van der Waals surface area contributed by atoms with Crippen molar-refractivity contribution in [3.05, 3.63) is 48.2 Å². The van der Waals surface area contributed by atoms with E-state index in [0.717, 1.165) is 11.3 Å². The quantitative estimate of drug-likeness (QED) is 0.548. The van der Waals surface area contributed by atoms with Gasteiger partial charge in [-0.25, -0.2) is 4.98 Å². The Hall–Kier alpha value is -2.80. The number of aliphatic imine (C=N–C) groups is 1. The van der Waals surface area contributed by atoms with Crippen LogP contribution in [0.25, 0.3) is 0 Å². The highest BCUT2D eigenvalue weighted by Gasteiger charge is 2.16. The number of rotatable bonds is 8. The number of methoxy groups -OCH3 is 2. The first-order chi connectivity index (χ1) is 13.0. The maximum Gasteiger partial charge on any atom is 0.219 e. The third-order valence-electron chi connectivity index (χ3n) is 3.98. The normalized spacial score (nSPS) is 11.8. The summed E-state index contributed by atoms with van der Waals surface area (Å²) in [5.74, 6) is 2.65. The molecule has 0 atom stereocenters. The van der Waals surface area contributed by atoms with E-state index in [4.69, 9.17) is 14.2 Å². The van der Waals surface area contributed by atoms with Gasteiger partial charge in [-0.1, -0.05) is 12.1 Å². The molecule has 0 saturated heterocycles. The highest BCUT2D eigenvalue weighted by atomic mass is 16.5. The van der Waals surface area contributed by atoms with Gasteiger partial charge in [-0.3, -0.25) is 4.99 Å². The first-order valence-electron chi connectivity index (χ1n) is 8.72. The molecule has 0 aliphatic carbocycles. The van der Waals surface area contributed by atoms with E-state index >= 15 is 0 Å². The fourth-order valence-corrected chi connectivity index (χ4v) is 2.14. The van der Waals surface area contributed by atoms with Gasteiger partial charge in [-0.2, -0.15) is 0 Å². The Morgan fingerprint density at radius 2 is 1.89 bits per heavy atom. The number of guanidine groups is 1. The summed E-state index contributed by atoms with van der Waals surface area (Å²) in [5, 5.41) is 6.50. The average Bonchev–Trinajstić information content (AvgIpc) is 2.69. The lowest BCUT2D eigenvalue weighted by molar-refractivity contribution is 0.0268. The number of hydrogen-bond donors (Lipinski definition) is 2. The van der Waals surface area contributed by atoms with Crippen molar-refractivity contribution < 1.29 is 14.2 Å². The lowest BCUT2D eigenvalue weighted by Crippen LogP contribution is -2.45. The van der Waals surface area contributed by atoms with Crippen molar-refractivity contribution in [3.63, 3.8) is 0 Å². The van der Waals surface area contributed by atoms with Crippen LogP contribution in [-0.2, 0) is 11.3 Å². The summed E-state index contributed by atoms with van der Waals surface area (Å²) in [7, 11) is 5.05. The smallest absolute Gasteiger partial charge is 0.219 e. The van der Waals surface area contributed by atoms with Crippen molar-refractivity contribution in [2.75, 3.05) is 27.8 Å². The van der Waals surface area contributed by atoms with Crippen LogP contribution in [0.5, 0.6) is 17.4 Å². The van der Waals surface area contributed by atoms with Crippen LogP contribution in [0.1, 0.15) is 19.4 Å². The van der Waals surface area contributed by atoms with Crippen LogP contribution in [0.2, 0.25) is 0 Å². The predicted octanol–water partition coefficient (Wildman–Crippen LogP) is 2.97. The van der Waals surface area contributed by atoms with E-state index in [0.29, 0.717) is 30.7 Å². The standard InChI is InChI=1S/C20H28N4O3/c1-20(2,26-5)14-24-19(21-3)23-13-15-9-10-18(22-12-15)27-17-8-6-7-16(11-17)25-4/h6-12H,13-14H2,1-5H3,(H2,21,23,24). The number of ether oxygens (including phenoxy) is 3. The molecule has 2 N–H and O–H groups in total. The Kier molecular flexibility index (Phi) is 7.43. The minimum Gasteiger partial charge on any atom is -0.497 e. The lowest BCUT2D eigenvalue weighted by atomic mass is 10.1. The number of benzene rings is 1. The van der Waals surface area contributed by atoms with Crippen LogP contribution in [0, 0.1) is 0 Å². The van der Waals surface area contributed by atoms with E-state index in [1.807, 2.05) is 50.2 Å². The maximum atomic E-state index is 5.75. The summed E-state index contributed by atoms with van der Waals surface area (Å²) in [5.41, 5.74) is 0.750. The van der Waals surface area contributed by atoms with Gasteiger partial charge in [0.2, 0.25) is 5.88 Å². The molecule has 7 nitrogen and oxygen atoms in total. The molecule has 1 aromatic heterocycles. The third-order valence-corrected chi connectivity index (χ3v) is 3.98. The Balaban J connectivity index is 1.87. The van der Waals surface area contributed by atoms with E-state index in [-0.39, 0.29) is 5.60 Å². The largest absolute Gasteiger partial charge is 0.497 e. The van der Waals surface area contributed by atoms with Crippen molar-refractivity contribution in [1.29, 1.82) is 0 Å². The second-order valence-electron chi connectivity index (χ2n) is 6.53. The zero-order valence-corrected chi connectivity index (χ0v) is 16.6. The molecular weight excluding hydrogens is 344 g/mol. The van der Waals surface area contributed by atoms with E-state index in [2.05, 4.69) is 20.6 Å². The Morgan fingerprint density at radius 3 is 2.52 bits per heavy atom. The molecule has 1 heterocycles. The summed E-state index contributed by atoms with van der Waals surface area (Å²) in [6.45, 7) is 5.27. The number of nitrogens with zero attached hydrogens (tertiary/aromatic N) is 2. The monoisotopic (exact) mass is 372 g/mol. The molecule has 0 bridgehead atoms. The number of pyridine rings is 1. The summed E-state index contributed by atoms with van der Waals surface area (Å²) < 4.78 is 16.3. The van der Waals surface area contributed by atoms with E-state index in [1.54, 1.807) is 27.5 Å². The fourth-order valence-electron chi connectivity index (χ4n) is 2.14. The zero-order chi connectivity index (χ0) is 19.7. The van der Waals surface area contributed by atoms with Crippen molar-refractivity contribution >= 4 is 5.96 Å². The van der Waals surface area contributed by atoms with Crippen molar-refractivity contribution in [2.24, 2.45) is 4.99 Å². The molecule has 0 fully saturated rings. The van der Waals surface area contributed by atoms with E-state index in [1.165, 1.54) is 0 Å². The number of aromatic nitrogens is 1. The summed E-state index contributed by atoms with van der Waals surface area (Å²) in [6.07, 6.45) is 1.77. The summed E-state index contributed by atoms with van der Waals surface area (Å²) >= 11 is 0. The molecule has 0 aliphatic rings. The molecule has 146 valence electrons. The van der Waals surface area contributed by atoms with Gasteiger partial charge < -0.3 is 24.8 Å². The van der Waals surface area contributed by atoms with Crippen LogP contribution in [0.3, 0.4) is 0 Å². The second-order valence-corrected chi connectivity index (χ2v) is 6.53. The van der Waals surface area contributed by atoms with Crippen LogP contribution in [-0.4, -0.2) is 44.4 Å². The third kappa shape index (κ3) is 6.79. The van der Waals surface area contributed by atoms with Crippen molar-refractivity contribution in [2.45, 2.75) is 26.0 Å². The molecule has 0 unspecified atom stereocenters. The first-order valence-corrected chi connectivity index (χ1v) is 8.72. The minimum absolute atomic E-state index is 0.266. The highest BCUT2D eigenvalue weighted by molar-refractivity contribution is 5.79. The molecule has 2 aromatic rings. The summed E-state index contributed by atoms with van der Waals surface area (Å²) in [6, 6.07) is 11.2. The topological polar surface area (TPSA) is 77.0 Å². The number of nitrogens with one attached hydrogen (secondary N) is 2. The Labute approximate surface area is 160 Å². The maximum absolute atomic E-state index is 5.75. The van der Waals surface area contributed by atoms with Gasteiger partial charge in [0, 0.05) is 45.6 Å². The molecule has 0 radical (unpaired) electrons. The van der Waals surface area contributed by atoms with Gasteiger partial charge in [0.05, 0.1) is 12.7 Å². The van der Waals surface area contributed by atoms with Crippen LogP contribution < -0.4 is 20.1 Å². The molecule has 0 saturated carbocycles. The Morgan fingerprint density at radius 1 is 1.11 bits per heavy atom. The van der Waals surface area contributed by atoms with Gasteiger partial charge in [0.1, 0.15) is 11.5 Å². The van der Waals surface area contributed by atoms with Crippen LogP contribution >= 0.6 is 0 Å². The molecular formula is C20H28N4O3. The minimum atomic E-state index is -0.266. The zero-order valence-electron chi connectivity index (χ0n) is 16.6. The number of hydrogen-bond acceptors (Lipinski definition) is 5.